The molecule has 0 radical (unpaired) electrons. The Labute approximate surface area is 113 Å². The molecule has 0 aliphatic heterocycles. The van der Waals surface area contributed by atoms with E-state index < -0.39 is 0 Å². The monoisotopic (exact) mass is 273 g/mol. The summed E-state index contributed by atoms with van der Waals surface area (Å²) < 4.78 is 5.32. The summed E-state index contributed by atoms with van der Waals surface area (Å²) in [7, 11) is 1.64. The van der Waals surface area contributed by atoms with Crippen molar-refractivity contribution in [3.63, 3.8) is 0 Å². The largest absolute Gasteiger partial charge is 0.496 e. The average molecular weight is 273 g/mol. The minimum Gasteiger partial charge on any atom is -0.496 e. The van der Waals surface area contributed by atoms with E-state index in [2.05, 4.69) is 19.9 Å². The molecule has 0 amide bonds. The van der Waals surface area contributed by atoms with Gasteiger partial charge in [-0.3, -0.25) is 0 Å². The number of fused-ring (bicyclic) bond motifs is 1. The third-order valence-corrected chi connectivity index (χ3v) is 3.59. The van der Waals surface area contributed by atoms with Crippen molar-refractivity contribution in [3.8, 4) is 5.75 Å². The zero-order valence-corrected chi connectivity index (χ0v) is 10.9. The average Bonchev–Trinajstić information content (AvgIpc) is 2.87. The minimum atomic E-state index is 0.206. The summed E-state index contributed by atoms with van der Waals surface area (Å²) in [6.45, 7) is 0. The van der Waals surface area contributed by atoms with Gasteiger partial charge >= 0.3 is 0 Å². The molecule has 7 heteroatoms. The molecule has 0 aliphatic carbocycles. The number of aromatic amines is 1. The Bertz CT molecular complexity index is 727. The van der Waals surface area contributed by atoms with Crippen molar-refractivity contribution in [1.29, 1.82) is 0 Å². The number of nitrogens with two attached hydrogens (primary N) is 1. The van der Waals surface area contributed by atoms with Crippen molar-refractivity contribution < 1.29 is 4.74 Å². The van der Waals surface area contributed by atoms with E-state index in [0.29, 0.717) is 5.65 Å². The van der Waals surface area contributed by atoms with Gasteiger partial charge in [-0.1, -0.05) is 23.9 Å². The lowest BCUT2D eigenvalue weighted by molar-refractivity contribution is 0.405. The van der Waals surface area contributed by atoms with Crippen LogP contribution in [0.25, 0.3) is 11.2 Å². The van der Waals surface area contributed by atoms with Gasteiger partial charge in [0.1, 0.15) is 16.3 Å². The second-order valence-electron chi connectivity index (χ2n) is 3.74. The molecular weight excluding hydrogens is 262 g/mol. The highest BCUT2D eigenvalue weighted by atomic mass is 32.2. The lowest BCUT2D eigenvalue weighted by Crippen LogP contribution is -1.97. The molecule has 19 heavy (non-hydrogen) atoms. The molecule has 0 aliphatic rings. The summed E-state index contributed by atoms with van der Waals surface area (Å²) in [5.74, 6) is 0.995. The second kappa shape index (κ2) is 4.77. The molecule has 3 rings (SSSR count). The predicted molar refractivity (Wildman–Crippen MR) is 73.2 cm³/mol. The summed E-state index contributed by atoms with van der Waals surface area (Å²) in [5, 5.41) is 0.726. The second-order valence-corrected chi connectivity index (χ2v) is 4.77. The maximum atomic E-state index is 5.69. The quantitative estimate of drug-likeness (QED) is 0.710. The summed E-state index contributed by atoms with van der Waals surface area (Å²) in [6.07, 6.45) is 1.57. The van der Waals surface area contributed by atoms with Crippen LogP contribution in [-0.2, 0) is 0 Å². The van der Waals surface area contributed by atoms with Crippen LogP contribution in [0.5, 0.6) is 5.75 Å². The van der Waals surface area contributed by atoms with Crippen LogP contribution in [0.1, 0.15) is 0 Å². The first-order valence-electron chi connectivity index (χ1n) is 5.55. The number of para-hydroxylation sites is 1. The van der Waals surface area contributed by atoms with Crippen molar-refractivity contribution in [2.45, 2.75) is 9.92 Å². The van der Waals surface area contributed by atoms with Crippen molar-refractivity contribution in [3.05, 3.63) is 30.6 Å². The number of benzene rings is 1. The number of nitrogens with zero attached hydrogens (tertiary/aromatic N) is 3. The normalized spacial score (nSPS) is 10.8. The molecule has 0 saturated carbocycles. The third-order valence-electron chi connectivity index (χ3n) is 2.55. The Morgan fingerprint density at radius 1 is 1.26 bits per heavy atom. The van der Waals surface area contributed by atoms with Crippen molar-refractivity contribution >= 4 is 28.9 Å². The standard InChI is InChI=1S/C12H11N5OS/c1-18-7-4-2-3-5-8(7)19-11-9-10(15-6-14-9)16-12(13)17-11/h2-6H,1H3,(H3,13,14,15,16,17). The Balaban J connectivity index is 2.07. The number of imidazole rings is 1. The van der Waals surface area contributed by atoms with Crippen LogP contribution in [0.4, 0.5) is 5.95 Å². The number of anilines is 1. The topological polar surface area (TPSA) is 89.7 Å². The lowest BCUT2D eigenvalue weighted by atomic mass is 10.3. The minimum absolute atomic E-state index is 0.206. The highest BCUT2D eigenvalue weighted by molar-refractivity contribution is 7.99. The molecule has 0 unspecified atom stereocenters. The fourth-order valence-electron chi connectivity index (χ4n) is 1.70. The van der Waals surface area contributed by atoms with Gasteiger partial charge < -0.3 is 15.5 Å². The summed E-state index contributed by atoms with van der Waals surface area (Å²) in [5.41, 5.74) is 7.02. The van der Waals surface area contributed by atoms with Crippen LogP contribution in [0.15, 0.2) is 40.5 Å². The zero-order valence-electron chi connectivity index (χ0n) is 10.1. The number of H-pyrrole nitrogens is 1. The first-order chi connectivity index (χ1) is 9.28. The van der Waals surface area contributed by atoms with E-state index in [0.717, 1.165) is 21.2 Å². The fraction of sp³-hybridized carbons (Fsp3) is 0.0833. The molecule has 1 aromatic carbocycles. The van der Waals surface area contributed by atoms with Crippen LogP contribution in [0.3, 0.4) is 0 Å². The van der Waals surface area contributed by atoms with Crippen molar-refractivity contribution in [1.82, 2.24) is 19.9 Å². The molecule has 0 fully saturated rings. The van der Waals surface area contributed by atoms with Gasteiger partial charge in [0.15, 0.2) is 5.65 Å². The number of ether oxygens (including phenoxy) is 1. The van der Waals surface area contributed by atoms with Crippen LogP contribution in [-0.4, -0.2) is 27.0 Å². The maximum Gasteiger partial charge on any atom is 0.223 e. The van der Waals surface area contributed by atoms with E-state index in [4.69, 9.17) is 10.5 Å². The number of aromatic nitrogens is 4. The number of methoxy groups -OCH3 is 1. The van der Waals surface area contributed by atoms with Gasteiger partial charge in [0.05, 0.1) is 18.3 Å². The molecule has 0 spiro atoms. The lowest BCUT2D eigenvalue weighted by Gasteiger charge is -2.07. The SMILES string of the molecule is COc1ccccc1Sc1nc(N)nc2nc[nH]c12. The molecule has 0 atom stereocenters. The van der Waals surface area contributed by atoms with Gasteiger partial charge in [-0.15, -0.1) is 0 Å². The molecule has 96 valence electrons. The van der Waals surface area contributed by atoms with E-state index >= 15 is 0 Å². The molecule has 2 aromatic heterocycles. The number of hydrogen-bond acceptors (Lipinski definition) is 6. The van der Waals surface area contributed by atoms with Gasteiger partial charge in [0.2, 0.25) is 5.95 Å². The number of nitrogen functional groups attached to an aromatic ring is 1. The van der Waals surface area contributed by atoms with Gasteiger partial charge in [-0.25, -0.2) is 9.97 Å². The van der Waals surface area contributed by atoms with Gasteiger partial charge in [0, 0.05) is 0 Å². The fourth-order valence-corrected chi connectivity index (χ4v) is 2.70. The zero-order chi connectivity index (χ0) is 13.2. The van der Waals surface area contributed by atoms with Crippen LogP contribution in [0, 0.1) is 0 Å². The Hall–Kier alpha value is -2.28. The van der Waals surface area contributed by atoms with Gasteiger partial charge in [-0.05, 0) is 12.1 Å². The third kappa shape index (κ3) is 2.19. The maximum absolute atomic E-state index is 5.69. The smallest absolute Gasteiger partial charge is 0.223 e. The number of hydrogen-bond donors (Lipinski definition) is 2. The highest BCUT2D eigenvalue weighted by Gasteiger charge is 2.12. The summed E-state index contributed by atoms with van der Waals surface area (Å²) in [4.78, 5) is 16.4. The van der Waals surface area contributed by atoms with E-state index in [-0.39, 0.29) is 5.95 Å². The van der Waals surface area contributed by atoms with E-state index in [1.807, 2.05) is 24.3 Å². The molecule has 3 aromatic rings. The van der Waals surface area contributed by atoms with E-state index in [1.165, 1.54) is 11.8 Å². The highest BCUT2D eigenvalue weighted by Crippen LogP contribution is 2.36. The van der Waals surface area contributed by atoms with Crippen molar-refractivity contribution in [2.75, 3.05) is 12.8 Å². The molecular formula is C12H11N5OS. The van der Waals surface area contributed by atoms with Crippen LogP contribution < -0.4 is 10.5 Å². The molecule has 0 saturated heterocycles. The molecule has 2 heterocycles. The molecule has 6 nitrogen and oxygen atoms in total. The Kier molecular flexibility index (Phi) is 2.96. The molecule has 0 bridgehead atoms. The Morgan fingerprint density at radius 3 is 2.95 bits per heavy atom. The van der Waals surface area contributed by atoms with E-state index in [9.17, 15) is 0 Å². The van der Waals surface area contributed by atoms with Gasteiger partial charge in [-0.2, -0.15) is 4.98 Å². The van der Waals surface area contributed by atoms with E-state index in [1.54, 1.807) is 13.4 Å². The summed E-state index contributed by atoms with van der Waals surface area (Å²) >= 11 is 1.46. The first kappa shape index (κ1) is 11.8. The predicted octanol–water partition coefficient (Wildman–Crippen LogP) is 2.09. The first-order valence-corrected chi connectivity index (χ1v) is 6.37. The summed E-state index contributed by atoms with van der Waals surface area (Å²) in [6, 6.07) is 7.73. The van der Waals surface area contributed by atoms with Crippen molar-refractivity contribution in [2.24, 2.45) is 0 Å². The Morgan fingerprint density at radius 2 is 2.11 bits per heavy atom. The number of rotatable bonds is 3. The number of nitrogens with one attached hydrogen (secondary N) is 1. The molecule has 3 N–H and O–H groups in total. The van der Waals surface area contributed by atoms with Crippen LogP contribution >= 0.6 is 11.8 Å². The van der Waals surface area contributed by atoms with Crippen LogP contribution in [0.2, 0.25) is 0 Å². The van der Waals surface area contributed by atoms with Gasteiger partial charge in [0.25, 0.3) is 0 Å².